The molecule has 0 N–H and O–H groups in total. The van der Waals surface area contributed by atoms with Crippen LogP contribution < -0.4 is 4.90 Å². The van der Waals surface area contributed by atoms with Crippen LogP contribution in [0.4, 0.5) is 11.4 Å². The summed E-state index contributed by atoms with van der Waals surface area (Å²) in [7, 11) is 2.12. The van der Waals surface area contributed by atoms with Crippen molar-refractivity contribution in [2.75, 3.05) is 11.9 Å². The van der Waals surface area contributed by atoms with Crippen LogP contribution in [0.5, 0.6) is 0 Å². The Morgan fingerprint density at radius 2 is 1.07 bits per heavy atom. The van der Waals surface area contributed by atoms with Crippen molar-refractivity contribution in [3.05, 3.63) is 164 Å². The molecule has 0 saturated heterocycles. The van der Waals surface area contributed by atoms with E-state index in [1.54, 1.807) is 0 Å². The first-order valence-corrected chi connectivity index (χ1v) is 14.8. The maximum Gasteiger partial charge on any atom is 0.0619 e. The molecule has 1 aromatic heterocycles. The normalized spacial score (nSPS) is 11.4. The van der Waals surface area contributed by atoms with Gasteiger partial charge in [0.2, 0.25) is 0 Å². The third-order valence-corrected chi connectivity index (χ3v) is 8.58. The van der Waals surface area contributed by atoms with Crippen LogP contribution in [-0.4, -0.2) is 11.6 Å². The second kappa shape index (κ2) is 10.3. The van der Waals surface area contributed by atoms with E-state index in [9.17, 15) is 0 Å². The van der Waals surface area contributed by atoms with E-state index in [1.807, 2.05) is 0 Å². The highest BCUT2D eigenvalue weighted by atomic mass is 15.1. The number of benzene rings is 7. The fraction of sp³-hybridized carbons (Fsp3) is 0.0244. The van der Waals surface area contributed by atoms with Crippen molar-refractivity contribution < 1.29 is 0 Å². The van der Waals surface area contributed by atoms with Gasteiger partial charge >= 0.3 is 0 Å². The largest absolute Gasteiger partial charge is 0.345 e. The quantitative estimate of drug-likeness (QED) is 0.207. The lowest BCUT2D eigenvalue weighted by atomic mass is 10.0. The van der Waals surface area contributed by atoms with E-state index in [4.69, 9.17) is 0 Å². The molecule has 43 heavy (non-hydrogen) atoms. The summed E-state index contributed by atoms with van der Waals surface area (Å²) in [5.74, 6) is 0. The van der Waals surface area contributed by atoms with Gasteiger partial charge in [-0.05, 0) is 76.0 Å². The lowest BCUT2D eigenvalue weighted by molar-refractivity contribution is 1.18. The average Bonchev–Trinajstić information content (AvgIpc) is 3.41. The molecule has 8 aromatic rings. The Balaban J connectivity index is 1.36. The van der Waals surface area contributed by atoms with Crippen LogP contribution in [0.25, 0.3) is 60.5 Å². The third-order valence-electron chi connectivity index (χ3n) is 8.58. The summed E-state index contributed by atoms with van der Waals surface area (Å²) in [6.45, 7) is 0. The van der Waals surface area contributed by atoms with Gasteiger partial charge in [-0.15, -0.1) is 0 Å². The molecule has 0 aliphatic heterocycles. The molecule has 0 aliphatic carbocycles. The standard InChI is InChI=1S/C41H30N2/c1-42(34-17-6-3-7-18-34)35-24-22-30(23-25-35)37-20-11-21-38-39-27-32-14-8-9-15-33(32)28-40(39)43(41(37)38)36-19-10-16-31(26-36)29-12-4-2-5-13-29/h2-28H,1H3. The van der Waals surface area contributed by atoms with Gasteiger partial charge in [0.25, 0.3) is 0 Å². The number of nitrogens with zero attached hydrogens (tertiary/aromatic N) is 2. The number of hydrogen-bond acceptors (Lipinski definition) is 1. The molecule has 0 spiro atoms. The Hall–Kier alpha value is -5.60. The molecule has 0 atom stereocenters. The molecular formula is C41H30N2. The molecule has 2 heteroatoms. The van der Waals surface area contributed by atoms with Crippen molar-refractivity contribution in [3.8, 4) is 27.9 Å². The number of anilines is 2. The Labute approximate surface area is 251 Å². The first-order chi connectivity index (χ1) is 21.2. The molecule has 0 radical (unpaired) electrons. The summed E-state index contributed by atoms with van der Waals surface area (Å²) in [5, 5.41) is 5.02. The van der Waals surface area contributed by atoms with Gasteiger partial charge in [-0.3, -0.25) is 0 Å². The summed E-state index contributed by atoms with van der Waals surface area (Å²) in [4.78, 5) is 2.22. The average molecular weight is 551 g/mol. The minimum atomic E-state index is 1.16. The Bertz CT molecular complexity index is 2230. The zero-order valence-electron chi connectivity index (χ0n) is 24.0. The smallest absolute Gasteiger partial charge is 0.0619 e. The predicted molar refractivity (Wildman–Crippen MR) is 184 cm³/mol. The number of para-hydroxylation sites is 2. The molecule has 204 valence electrons. The van der Waals surface area contributed by atoms with E-state index in [1.165, 1.54) is 60.5 Å². The first-order valence-electron chi connectivity index (χ1n) is 14.8. The molecule has 0 aliphatic rings. The summed E-state index contributed by atoms with van der Waals surface area (Å²) < 4.78 is 2.46. The molecular weight excluding hydrogens is 520 g/mol. The van der Waals surface area contributed by atoms with Crippen molar-refractivity contribution in [1.82, 2.24) is 4.57 Å². The van der Waals surface area contributed by atoms with Gasteiger partial charge in [-0.1, -0.05) is 115 Å². The van der Waals surface area contributed by atoms with E-state index < -0.39 is 0 Å². The lowest BCUT2D eigenvalue weighted by Crippen LogP contribution is -2.08. The Morgan fingerprint density at radius 3 is 1.84 bits per heavy atom. The Morgan fingerprint density at radius 1 is 0.442 bits per heavy atom. The van der Waals surface area contributed by atoms with E-state index in [0.717, 1.165) is 11.4 Å². The maximum atomic E-state index is 2.46. The van der Waals surface area contributed by atoms with E-state index in [2.05, 4.69) is 180 Å². The fourth-order valence-electron chi connectivity index (χ4n) is 6.37. The fourth-order valence-corrected chi connectivity index (χ4v) is 6.37. The van der Waals surface area contributed by atoms with Crippen LogP contribution in [0, 0.1) is 0 Å². The van der Waals surface area contributed by atoms with E-state index in [0.29, 0.717) is 0 Å². The van der Waals surface area contributed by atoms with Gasteiger partial charge in [-0.25, -0.2) is 0 Å². The summed E-state index contributed by atoms with van der Waals surface area (Å²) in [5.41, 5.74) is 10.8. The summed E-state index contributed by atoms with van der Waals surface area (Å²) in [6, 6.07) is 59.1. The number of aromatic nitrogens is 1. The highest BCUT2D eigenvalue weighted by molar-refractivity contribution is 6.17. The van der Waals surface area contributed by atoms with Crippen molar-refractivity contribution >= 4 is 44.0 Å². The highest BCUT2D eigenvalue weighted by Crippen LogP contribution is 2.40. The molecule has 8 rings (SSSR count). The molecule has 1 heterocycles. The predicted octanol–water partition coefficient (Wildman–Crippen LogP) is 11.0. The van der Waals surface area contributed by atoms with Gasteiger partial charge in [0.15, 0.2) is 0 Å². The van der Waals surface area contributed by atoms with E-state index in [-0.39, 0.29) is 0 Å². The second-order valence-electron chi connectivity index (χ2n) is 11.1. The van der Waals surface area contributed by atoms with Crippen molar-refractivity contribution in [2.45, 2.75) is 0 Å². The lowest BCUT2D eigenvalue weighted by Gasteiger charge is -2.20. The monoisotopic (exact) mass is 550 g/mol. The van der Waals surface area contributed by atoms with Crippen LogP contribution in [0.3, 0.4) is 0 Å². The van der Waals surface area contributed by atoms with Crippen LogP contribution >= 0.6 is 0 Å². The SMILES string of the molecule is CN(c1ccccc1)c1ccc(-c2cccc3c4cc5ccccc5cc4n(-c4cccc(-c5ccccc5)c4)c23)cc1. The first kappa shape index (κ1) is 25.1. The molecule has 0 bridgehead atoms. The summed E-state index contributed by atoms with van der Waals surface area (Å²) >= 11 is 0. The molecule has 0 unspecified atom stereocenters. The van der Waals surface area contributed by atoms with Crippen LogP contribution in [-0.2, 0) is 0 Å². The zero-order chi connectivity index (χ0) is 28.8. The number of rotatable bonds is 5. The topological polar surface area (TPSA) is 8.17 Å². The van der Waals surface area contributed by atoms with Gasteiger partial charge < -0.3 is 9.47 Å². The highest BCUT2D eigenvalue weighted by Gasteiger charge is 2.18. The minimum Gasteiger partial charge on any atom is -0.345 e. The Kier molecular flexibility index (Phi) is 6.05. The van der Waals surface area contributed by atoms with Crippen molar-refractivity contribution in [2.24, 2.45) is 0 Å². The van der Waals surface area contributed by atoms with Crippen LogP contribution in [0.1, 0.15) is 0 Å². The van der Waals surface area contributed by atoms with Gasteiger partial charge in [0, 0.05) is 40.4 Å². The maximum absolute atomic E-state index is 2.46. The minimum absolute atomic E-state index is 1.16. The van der Waals surface area contributed by atoms with Crippen LogP contribution in [0.2, 0.25) is 0 Å². The summed E-state index contributed by atoms with van der Waals surface area (Å²) in [6.07, 6.45) is 0. The second-order valence-corrected chi connectivity index (χ2v) is 11.1. The number of fused-ring (bicyclic) bond motifs is 4. The zero-order valence-corrected chi connectivity index (χ0v) is 24.0. The number of hydrogen-bond donors (Lipinski definition) is 0. The third kappa shape index (κ3) is 4.36. The van der Waals surface area contributed by atoms with Crippen molar-refractivity contribution in [3.63, 3.8) is 0 Å². The van der Waals surface area contributed by atoms with Gasteiger partial charge in [0.05, 0.1) is 11.0 Å². The van der Waals surface area contributed by atoms with Gasteiger partial charge in [0.1, 0.15) is 0 Å². The van der Waals surface area contributed by atoms with Crippen LogP contribution in [0.15, 0.2) is 164 Å². The molecule has 0 saturated carbocycles. The van der Waals surface area contributed by atoms with Gasteiger partial charge in [-0.2, -0.15) is 0 Å². The molecule has 0 amide bonds. The molecule has 0 fully saturated rings. The molecule has 2 nitrogen and oxygen atoms in total. The molecule has 7 aromatic carbocycles. The van der Waals surface area contributed by atoms with Crippen molar-refractivity contribution in [1.29, 1.82) is 0 Å². The van der Waals surface area contributed by atoms with E-state index >= 15 is 0 Å².